The molecule has 0 fully saturated rings. The van der Waals surface area contributed by atoms with Crippen LogP contribution >= 0.6 is 16.5 Å². The van der Waals surface area contributed by atoms with Gasteiger partial charge in [-0.2, -0.15) is 0 Å². The van der Waals surface area contributed by atoms with Gasteiger partial charge in [0, 0.05) is 0 Å². The maximum atomic E-state index is 10.1. The summed E-state index contributed by atoms with van der Waals surface area (Å²) in [6, 6.07) is 0. The van der Waals surface area contributed by atoms with Gasteiger partial charge in [0.2, 0.25) is 0 Å². The van der Waals surface area contributed by atoms with E-state index in [2.05, 4.69) is 22.9 Å². The van der Waals surface area contributed by atoms with Crippen molar-refractivity contribution in [1.29, 1.82) is 0 Å². The van der Waals surface area contributed by atoms with Crippen LogP contribution in [0.4, 0.5) is 0 Å². The fraction of sp³-hybridized carbons (Fsp3) is 1.00. The van der Waals surface area contributed by atoms with E-state index in [4.69, 9.17) is 0 Å². The third-order valence-corrected chi connectivity index (χ3v) is 4.52. The van der Waals surface area contributed by atoms with E-state index in [9.17, 15) is 18.9 Å². The Labute approximate surface area is 165 Å². The van der Waals surface area contributed by atoms with Crippen molar-refractivity contribution in [2.75, 3.05) is 0 Å². The molecule has 0 amide bonds. The van der Waals surface area contributed by atoms with E-state index >= 15 is 0 Å². The molecule has 4 unspecified atom stereocenters. The van der Waals surface area contributed by atoms with Crippen LogP contribution in [0.1, 0.15) is 91.9 Å². The smallest absolute Gasteiger partial charge is 0.566 e. The van der Waals surface area contributed by atoms with Gasteiger partial charge in [-0.3, -0.25) is 0 Å². The van der Waals surface area contributed by atoms with Gasteiger partial charge in [0.15, 0.2) is 0 Å². The van der Waals surface area contributed by atoms with Crippen molar-refractivity contribution < 1.29 is 44.5 Å². The molecule has 6 nitrogen and oxygen atoms in total. The van der Waals surface area contributed by atoms with Crippen LogP contribution in [-0.2, 0) is 34.7 Å². The molecule has 9 heteroatoms. The van der Waals surface area contributed by atoms with E-state index in [1.807, 2.05) is 0 Å². The normalized spacial score (nSPS) is 13.8. The van der Waals surface area contributed by atoms with Gasteiger partial charge in [-0.05, 0) is 35.8 Å². The maximum absolute atomic E-state index is 10.1. The molecule has 0 heterocycles. The van der Waals surface area contributed by atoms with E-state index in [0.717, 1.165) is 25.7 Å². The van der Waals surface area contributed by atoms with Gasteiger partial charge in [-0.1, -0.05) is 65.2 Å². The Balaban J connectivity index is -0.000000372. The molecule has 0 aromatic rings. The summed E-state index contributed by atoms with van der Waals surface area (Å²) < 4.78 is 29.4. The number of hydrogen-bond donors (Lipinski definition) is 0. The van der Waals surface area contributed by atoms with E-state index in [0.29, 0.717) is 0 Å². The van der Waals surface area contributed by atoms with Crippen molar-refractivity contribution in [3.05, 3.63) is 0 Å². The zero-order valence-corrected chi connectivity index (χ0v) is 18.7. The third-order valence-electron chi connectivity index (χ3n) is 3.46. The molecule has 0 aromatic heterocycles. The van der Waals surface area contributed by atoms with Gasteiger partial charge in [0.1, 0.15) is 12.2 Å². The van der Waals surface area contributed by atoms with E-state index < -0.39 is 16.5 Å². The molecule has 0 aromatic carbocycles. The zero-order chi connectivity index (χ0) is 18.8. The standard InChI is InChI=1S/2C8H17O3P.Ni/c2*1-3-4-5-6-7-8(2)11-12(9)10;/h2*8H,3-7H2,1-2H3;/q;;+2. The third kappa shape index (κ3) is 29.5. The molecule has 0 radical (unpaired) electrons. The summed E-state index contributed by atoms with van der Waals surface area (Å²) in [6.07, 6.45) is 10.6. The number of hydrogen-bond acceptors (Lipinski definition) is 6. The predicted octanol–water partition coefficient (Wildman–Crippen LogP) is 4.76. The fourth-order valence-corrected chi connectivity index (χ4v) is 2.91. The minimum atomic E-state index is -2.66. The molecule has 25 heavy (non-hydrogen) atoms. The van der Waals surface area contributed by atoms with Crippen LogP contribution in [0.15, 0.2) is 0 Å². The Morgan fingerprint density at radius 3 is 1.28 bits per heavy atom. The van der Waals surface area contributed by atoms with Crippen LogP contribution in [0.2, 0.25) is 0 Å². The Hall–Kier alpha value is 0.534. The van der Waals surface area contributed by atoms with Crippen LogP contribution < -0.4 is 9.79 Å². The molecule has 152 valence electrons. The number of unbranched alkanes of at least 4 members (excludes halogenated alkanes) is 6. The second-order valence-corrected chi connectivity index (χ2v) is 7.29. The van der Waals surface area contributed by atoms with Gasteiger partial charge >= 0.3 is 33.0 Å². The topological polar surface area (TPSA) is 98.7 Å². The van der Waals surface area contributed by atoms with Crippen molar-refractivity contribution >= 4 is 16.5 Å². The average Bonchev–Trinajstić information content (AvgIpc) is 2.47. The first-order chi connectivity index (χ1) is 11.3. The largest absolute Gasteiger partial charge is 2.00 e. The van der Waals surface area contributed by atoms with E-state index in [1.165, 1.54) is 38.5 Å². The second-order valence-electron chi connectivity index (χ2n) is 5.98. The number of rotatable bonds is 14. The molecular formula is C16H34NiO6P2+2. The van der Waals surface area contributed by atoms with Crippen molar-refractivity contribution in [3.8, 4) is 0 Å². The molecule has 0 bridgehead atoms. The van der Waals surface area contributed by atoms with E-state index in [-0.39, 0.29) is 28.7 Å². The van der Waals surface area contributed by atoms with Crippen molar-refractivity contribution in [2.24, 2.45) is 0 Å². The second kappa shape index (κ2) is 22.6. The van der Waals surface area contributed by atoms with E-state index in [1.54, 1.807) is 13.8 Å². The van der Waals surface area contributed by atoms with Gasteiger partial charge < -0.3 is 9.79 Å². The molecule has 0 aliphatic rings. The monoisotopic (exact) mass is 442 g/mol. The van der Waals surface area contributed by atoms with Gasteiger partial charge in [-0.15, -0.1) is 9.05 Å². The zero-order valence-electron chi connectivity index (χ0n) is 15.9. The summed E-state index contributed by atoms with van der Waals surface area (Å²) in [6.45, 7) is 7.87. The summed E-state index contributed by atoms with van der Waals surface area (Å²) in [5, 5.41) is 0. The summed E-state index contributed by atoms with van der Waals surface area (Å²) in [7, 11) is -5.33. The maximum Gasteiger partial charge on any atom is 2.00 e. The van der Waals surface area contributed by atoms with Crippen molar-refractivity contribution in [2.45, 2.75) is 104 Å². The molecule has 0 saturated heterocycles. The Bertz CT molecular complexity index is 291. The van der Waals surface area contributed by atoms with Crippen LogP contribution in [0.5, 0.6) is 0 Å². The average molecular weight is 443 g/mol. The molecule has 0 aliphatic carbocycles. The Kier molecular flexibility index (Phi) is 27.3. The van der Waals surface area contributed by atoms with Crippen LogP contribution in [-0.4, -0.2) is 12.2 Å². The SMILES string of the molecule is CCCCCCC(C)O[P+](=O)[O-].CCCCCCC(C)O[P+](=O)[O-].[Ni+2]. The van der Waals surface area contributed by atoms with Gasteiger partial charge in [-0.25, -0.2) is 0 Å². The first-order valence-corrected chi connectivity index (χ1v) is 11.1. The summed E-state index contributed by atoms with van der Waals surface area (Å²) in [5.41, 5.74) is 0. The Morgan fingerprint density at radius 1 is 0.720 bits per heavy atom. The van der Waals surface area contributed by atoms with Crippen LogP contribution in [0.25, 0.3) is 0 Å². The Morgan fingerprint density at radius 2 is 1.04 bits per heavy atom. The van der Waals surface area contributed by atoms with Crippen LogP contribution in [0.3, 0.4) is 0 Å². The molecule has 0 saturated carbocycles. The summed E-state index contributed by atoms with van der Waals surface area (Å²) >= 11 is 0. The minimum Gasteiger partial charge on any atom is -0.566 e. The molecular weight excluding hydrogens is 409 g/mol. The molecule has 0 aliphatic heterocycles. The molecule has 0 spiro atoms. The van der Waals surface area contributed by atoms with Gasteiger partial charge in [0.05, 0.1) is 0 Å². The molecule has 0 N–H and O–H groups in total. The summed E-state index contributed by atoms with van der Waals surface area (Å²) in [5.74, 6) is 0. The van der Waals surface area contributed by atoms with Crippen molar-refractivity contribution in [1.82, 2.24) is 0 Å². The molecule has 0 rings (SSSR count). The summed E-state index contributed by atoms with van der Waals surface area (Å²) in [4.78, 5) is 20.2. The van der Waals surface area contributed by atoms with Crippen molar-refractivity contribution in [3.63, 3.8) is 0 Å². The molecule has 4 atom stereocenters. The minimum absolute atomic E-state index is 0. The van der Waals surface area contributed by atoms with Gasteiger partial charge in [0.25, 0.3) is 0 Å². The first kappa shape index (κ1) is 30.3. The quantitative estimate of drug-likeness (QED) is 0.218. The van der Waals surface area contributed by atoms with Crippen LogP contribution in [0, 0.1) is 0 Å². The predicted molar refractivity (Wildman–Crippen MR) is 93.8 cm³/mol. The first-order valence-electron chi connectivity index (χ1n) is 8.95. The fourth-order valence-electron chi connectivity index (χ4n) is 2.12.